The molecule has 0 saturated carbocycles. The van der Waals surface area contributed by atoms with Crippen molar-refractivity contribution in [2.45, 2.75) is 41.2 Å². The quantitative estimate of drug-likeness (QED) is 0.124. The zero-order valence-electron chi connectivity index (χ0n) is 22.4. The van der Waals surface area contributed by atoms with Crippen LogP contribution in [0.1, 0.15) is 6.92 Å². The number of fused-ring (bicyclic) bond motifs is 1. The molecule has 6 rings (SSSR count). The molecule has 202 valence electrons. The molecule has 41 heavy (non-hydrogen) atoms. The summed E-state index contributed by atoms with van der Waals surface area (Å²) in [7, 11) is -0.656. The smallest absolute Gasteiger partial charge is 0.393 e. The van der Waals surface area contributed by atoms with Gasteiger partial charge in [-0.05, 0) is 91.9 Å². The Bertz CT molecular complexity index is 1720. The Morgan fingerprint density at radius 1 is 0.634 bits per heavy atom. The van der Waals surface area contributed by atoms with E-state index in [1.165, 1.54) is 9.79 Å². The van der Waals surface area contributed by atoms with Gasteiger partial charge in [0.15, 0.2) is 9.79 Å². The predicted molar refractivity (Wildman–Crippen MR) is 170 cm³/mol. The lowest BCUT2D eigenvalue weighted by molar-refractivity contribution is 0.340. The van der Waals surface area contributed by atoms with Gasteiger partial charge in [-0.25, -0.2) is 4.79 Å². The summed E-state index contributed by atoms with van der Waals surface area (Å²) in [5.74, 6) is 0.688. The van der Waals surface area contributed by atoms with Crippen LogP contribution in [0.4, 0.5) is 0 Å². The molecule has 0 fully saturated rings. The Labute approximate surface area is 250 Å². The normalized spacial score (nSPS) is 11.2. The number of ether oxygens (including phenoxy) is 1. The minimum absolute atomic E-state index is 0.333. The number of rotatable bonds is 9. The molecular formula is C35H27O3S3+. The highest BCUT2D eigenvalue weighted by molar-refractivity contribution is 7.99. The van der Waals surface area contributed by atoms with Crippen LogP contribution in [0.5, 0.6) is 5.75 Å². The molecule has 0 radical (unpaired) electrons. The minimum Gasteiger partial charge on any atom is -0.494 e. The molecule has 0 amide bonds. The van der Waals surface area contributed by atoms with E-state index in [4.69, 9.17) is 9.15 Å². The van der Waals surface area contributed by atoms with Gasteiger partial charge in [0, 0.05) is 37.1 Å². The first-order valence-electron chi connectivity index (χ1n) is 13.3. The molecule has 5 aromatic carbocycles. The lowest BCUT2D eigenvalue weighted by atomic mass is 10.2. The van der Waals surface area contributed by atoms with Crippen molar-refractivity contribution >= 4 is 45.4 Å². The minimum atomic E-state index is -0.656. The second kappa shape index (κ2) is 12.8. The standard InChI is InChI=1S/C35H27O3S3/c1-2-37-26-14-13-25-23-34(35(36)38-33(25)24-26)41(31-19-15-29(16-20-31)39-27-9-5-3-6-10-27)32-21-17-30(18-22-32)40-28-11-7-4-8-12-28/h3-24H,2H2,1H3/q+1. The maximum absolute atomic E-state index is 13.5. The molecular weight excluding hydrogens is 565 g/mol. The number of hydrogen-bond acceptors (Lipinski definition) is 5. The largest absolute Gasteiger partial charge is 0.494 e. The van der Waals surface area contributed by atoms with E-state index in [1.807, 2.05) is 61.5 Å². The molecule has 1 aromatic heterocycles. The van der Waals surface area contributed by atoms with Crippen molar-refractivity contribution in [3.05, 3.63) is 144 Å². The van der Waals surface area contributed by atoms with Gasteiger partial charge in [0.25, 0.3) is 4.90 Å². The van der Waals surface area contributed by atoms with E-state index in [1.54, 1.807) is 29.6 Å². The van der Waals surface area contributed by atoms with Crippen LogP contribution in [0.15, 0.2) is 177 Å². The third-order valence-corrected chi connectivity index (χ3v) is 10.5. The first kappa shape index (κ1) is 27.3. The van der Waals surface area contributed by atoms with E-state index in [9.17, 15) is 4.79 Å². The van der Waals surface area contributed by atoms with Gasteiger partial charge in [0.05, 0.1) is 6.61 Å². The average molecular weight is 592 g/mol. The topological polar surface area (TPSA) is 39.4 Å². The van der Waals surface area contributed by atoms with Gasteiger partial charge in [0.2, 0.25) is 0 Å². The fourth-order valence-corrected chi connectivity index (χ4v) is 8.12. The zero-order valence-corrected chi connectivity index (χ0v) is 24.8. The average Bonchev–Trinajstić information content (AvgIpc) is 3.00. The molecule has 0 aliphatic carbocycles. The molecule has 0 N–H and O–H groups in total. The Morgan fingerprint density at radius 3 is 1.66 bits per heavy atom. The molecule has 0 atom stereocenters. The summed E-state index contributed by atoms with van der Waals surface area (Å²) >= 11 is 3.44. The van der Waals surface area contributed by atoms with E-state index in [0.717, 1.165) is 25.0 Å². The van der Waals surface area contributed by atoms with Gasteiger partial charge < -0.3 is 9.15 Å². The van der Waals surface area contributed by atoms with Crippen LogP contribution < -0.4 is 10.4 Å². The van der Waals surface area contributed by atoms with Gasteiger partial charge in [0.1, 0.15) is 22.2 Å². The summed E-state index contributed by atoms with van der Waals surface area (Å²) in [5, 5.41) is 0.869. The van der Waals surface area contributed by atoms with Crippen LogP contribution in [-0.2, 0) is 10.9 Å². The summed E-state index contributed by atoms with van der Waals surface area (Å²) in [6, 6.07) is 45.3. The third-order valence-electron chi connectivity index (χ3n) is 6.28. The van der Waals surface area contributed by atoms with Crippen LogP contribution in [0.3, 0.4) is 0 Å². The van der Waals surface area contributed by atoms with Gasteiger partial charge in [-0.15, -0.1) is 0 Å². The summed E-state index contributed by atoms with van der Waals surface area (Å²) in [5.41, 5.74) is 0.192. The summed E-state index contributed by atoms with van der Waals surface area (Å²) in [6.45, 7) is 2.48. The molecule has 0 unspecified atom stereocenters. The molecule has 0 aliphatic rings. The summed E-state index contributed by atoms with van der Waals surface area (Å²) in [6.07, 6.45) is 0. The Hall–Kier alpha value is -3.84. The highest BCUT2D eigenvalue weighted by atomic mass is 32.2. The SMILES string of the molecule is CCOc1ccc2cc([S+](c3ccc(Sc4ccccc4)cc3)c3ccc(Sc4ccccc4)cc3)c(=O)oc2c1. The highest BCUT2D eigenvalue weighted by Crippen LogP contribution is 2.36. The van der Waals surface area contributed by atoms with Crippen molar-refractivity contribution < 1.29 is 9.15 Å². The van der Waals surface area contributed by atoms with Crippen LogP contribution in [-0.4, -0.2) is 6.61 Å². The maximum atomic E-state index is 13.5. The fourth-order valence-electron chi connectivity index (χ4n) is 4.40. The molecule has 0 saturated heterocycles. The fraction of sp³-hybridized carbons (Fsp3) is 0.0571. The second-order valence-corrected chi connectivity index (χ2v) is 13.4. The summed E-state index contributed by atoms with van der Waals surface area (Å²) in [4.78, 5) is 20.9. The second-order valence-electron chi connectivity index (χ2n) is 9.11. The van der Waals surface area contributed by atoms with Crippen molar-refractivity contribution in [3.8, 4) is 5.75 Å². The predicted octanol–water partition coefficient (Wildman–Crippen LogP) is 9.59. The molecule has 1 heterocycles. The van der Waals surface area contributed by atoms with E-state index in [2.05, 4.69) is 72.8 Å². The highest BCUT2D eigenvalue weighted by Gasteiger charge is 2.33. The van der Waals surface area contributed by atoms with Crippen LogP contribution >= 0.6 is 23.5 Å². The maximum Gasteiger partial charge on any atom is 0.393 e. The van der Waals surface area contributed by atoms with Crippen LogP contribution in [0, 0.1) is 0 Å². The Morgan fingerprint density at radius 2 is 1.15 bits per heavy atom. The zero-order chi connectivity index (χ0) is 28.0. The first-order valence-corrected chi connectivity index (χ1v) is 16.1. The molecule has 6 heteroatoms. The van der Waals surface area contributed by atoms with Gasteiger partial charge >= 0.3 is 5.63 Å². The molecule has 6 aromatic rings. The van der Waals surface area contributed by atoms with Crippen molar-refractivity contribution in [3.63, 3.8) is 0 Å². The van der Waals surface area contributed by atoms with Gasteiger partial charge in [-0.1, -0.05) is 59.9 Å². The number of benzene rings is 5. The van der Waals surface area contributed by atoms with Gasteiger partial charge in [-0.3, -0.25) is 0 Å². The van der Waals surface area contributed by atoms with E-state index in [-0.39, 0.29) is 5.63 Å². The monoisotopic (exact) mass is 591 g/mol. The van der Waals surface area contributed by atoms with Crippen molar-refractivity contribution in [2.75, 3.05) is 6.61 Å². The van der Waals surface area contributed by atoms with Crippen LogP contribution in [0.25, 0.3) is 11.0 Å². The van der Waals surface area contributed by atoms with E-state index >= 15 is 0 Å². The number of hydrogen-bond donors (Lipinski definition) is 0. The van der Waals surface area contributed by atoms with Crippen molar-refractivity contribution in [1.82, 2.24) is 0 Å². The molecule has 0 spiro atoms. The third kappa shape index (κ3) is 6.57. The lowest BCUT2D eigenvalue weighted by Gasteiger charge is -2.10. The molecule has 0 aliphatic heterocycles. The molecule has 3 nitrogen and oxygen atoms in total. The molecule has 0 bridgehead atoms. The van der Waals surface area contributed by atoms with Crippen molar-refractivity contribution in [2.24, 2.45) is 0 Å². The Kier molecular flexibility index (Phi) is 8.52. The van der Waals surface area contributed by atoms with Crippen molar-refractivity contribution in [1.29, 1.82) is 0 Å². The van der Waals surface area contributed by atoms with E-state index in [0.29, 0.717) is 22.8 Å². The first-order chi connectivity index (χ1) is 20.2. The Balaban J connectivity index is 1.38. The van der Waals surface area contributed by atoms with E-state index < -0.39 is 10.9 Å². The van der Waals surface area contributed by atoms with Crippen LogP contribution in [0.2, 0.25) is 0 Å². The van der Waals surface area contributed by atoms with Gasteiger partial charge in [-0.2, -0.15) is 0 Å². The summed E-state index contributed by atoms with van der Waals surface area (Å²) < 4.78 is 11.5. The lowest BCUT2D eigenvalue weighted by Crippen LogP contribution is -2.15.